The molecule has 2 rings (SSSR count). The van der Waals surface area contributed by atoms with Crippen LogP contribution in [0.1, 0.15) is 20.8 Å². The first-order chi connectivity index (χ1) is 10.8. The fraction of sp³-hybridized carbons (Fsp3) is 0.200. The van der Waals surface area contributed by atoms with Gasteiger partial charge in [0.25, 0.3) is 11.8 Å². The van der Waals surface area contributed by atoms with Crippen LogP contribution in [0.15, 0.2) is 22.7 Å². The second-order valence-corrected chi connectivity index (χ2v) is 7.28. The number of hydrogen-bond acceptors (Lipinski definition) is 4. The highest BCUT2D eigenvalue weighted by Crippen LogP contribution is 2.32. The maximum atomic E-state index is 12.0. The van der Waals surface area contributed by atoms with Crippen molar-refractivity contribution in [3.05, 3.63) is 43.7 Å². The first-order valence-electron chi connectivity index (χ1n) is 6.57. The van der Waals surface area contributed by atoms with Gasteiger partial charge in [0, 0.05) is 9.90 Å². The number of rotatable bonds is 5. The lowest BCUT2D eigenvalue weighted by molar-refractivity contribution is -0.118. The number of carbonyl (C=O) groups excluding carboxylic acids is 2. The number of nitrogens with one attached hydrogen (secondary N) is 1. The van der Waals surface area contributed by atoms with Crippen molar-refractivity contribution in [1.29, 1.82) is 0 Å². The molecule has 2 amide bonds. The van der Waals surface area contributed by atoms with Crippen LogP contribution in [0.3, 0.4) is 0 Å². The largest absolute Gasteiger partial charge is 0.483 e. The van der Waals surface area contributed by atoms with E-state index in [-0.39, 0.29) is 12.5 Å². The van der Waals surface area contributed by atoms with Crippen LogP contribution in [-0.4, -0.2) is 18.4 Å². The van der Waals surface area contributed by atoms with E-state index in [1.165, 1.54) is 11.3 Å². The molecule has 0 atom stereocenters. The standard InChI is InChI=1S/C15H14BrClN2O3S/c1-7-8(2)23-15(13(7)14(18)21)19-12(20)6-22-11-4-3-9(17)5-10(11)16/h3-5H,6H2,1-2H3,(H2,18,21)(H,19,20). The number of hydrogen-bond donors (Lipinski definition) is 2. The summed E-state index contributed by atoms with van der Waals surface area (Å²) in [6.07, 6.45) is 0. The molecule has 1 heterocycles. The molecule has 0 aliphatic rings. The molecule has 0 aliphatic carbocycles. The molecule has 3 N–H and O–H groups in total. The Morgan fingerprint density at radius 2 is 2.09 bits per heavy atom. The molecule has 0 spiro atoms. The topological polar surface area (TPSA) is 81.4 Å². The second kappa shape index (κ2) is 7.33. The fourth-order valence-corrected chi connectivity index (χ4v) is 3.79. The first kappa shape index (κ1) is 17.8. The zero-order chi connectivity index (χ0) is 17.1. The van der Waals surface area contributed by atoms with Gasteiger partial charge in [-0.1, -0.05) is 11.6 Å². The van der Waals surface area contributed by atoms with Gasteiger partial charge >= 0.3 is 0 Å². The lowest BCUT2D eigenvalue weighted by Crippen LogP contribution is -2.22. The third-order valence-electron chi connectivity index (χ3n) is 3.14. The van der Waals surface area contributed by atoms with Crippen LogP contribution in [0, 0.1) is 13.8 Å². The second-order valence-electron chi connectivity index (χ2n) is 4.76. The van der Waals surface area contributed by atoms with E-state index in [0.29, 0.717) is 25.8 Å². The molecular weight excluding hydrogens is 404 g/mol. The number of amides is 2. The van der Waals surface area contributed by atoms with Crippen molar-refractivity contribution in [3.63, 3.8) is 0 Å². The number of halogens is 2. The summed E-state index contributed by atoms with van der Waals surface area (Å²) in [5.74, 6) is -0.447. The number of benzene rings is 1. The summed E-state index contributed by atoms with van der Waals surface area (Å²) in [7, 11) is 0. The van der Waals surface area contributed by atoms with Crippen LogP contribution in [-0.2, 0) is 4.79 Å². The maximum Gasteiger partial charge on any atom is 0.262 e. The summed E-state index contributed by atoms with van der Waals surface area (Å²) in [6, 6.07) is 5.00. The monoisotopic (exact) mass is 416 g/mol. The number of primary amides is 1. The van der Waals surface area contributed by atoms with E-state index in [0.717, 1.165) is 10.4 Å². The van der Waals surface area contributed by atoms with Crippen LogP contribution in [0.5, 0.6) is 5.75 Å². The number of thiophene rings is 1. The highest BCUT2D eigenvalue weighted by atomic mass is 79.9. The van der Waals surface area contributed by atoms with Crippen LogP contribution >= 0.6 is 38.9 Å². The van der Waals surface area contributed by atoms with Crippen LogP contribution in [0.2, 0.25) is 5.02 Å². The Hall–Kier alpha value is -1.57. The minimum Gasteiger partial charge on any atom is -0.483 e. The Labute approximate surface area is 150 Å². The van der Waals surface area contributed by atoms with Gasteiger partial charge in [-0.25, -0.2) is 0 Å². The Kier molecular flexibility index (Phi) is 5.67. The van der Waals surface area contributed by atoms with E-state index in [1.54, 1.807) is 25.1 Å². The highest BCUT2D eigenvalue weighted by molar-refractivity contribution is 9.10. The van der Waals surface area contributed by atoms with Crippen molar-refractivity contribution in [2.75, 3.05) is 11.9 Å². The molecule has 1 aromatic carbocycles. The Balaban J connectivity index is 2.06. The summed E-state index contributed by atoms with van der Waals surface area (Å²) < 4.78 is 6.09. The minimum absolute atomic E-state index is 0.200. The maximum absolute atomic E-state index is 12.0. The van der Waals surface area contributed by atoms with E-state index < -0.39 is 5.91 Å². The van der Waals surface area contributed by atoms with Crippen molar-refractivity contribution in [2.45, 2.75) is 13.8 Å². The molecule has 122 valence electrons. The average Bonchev–Trinajstić information content (AvgIpc) is 2.72. The number of aryl methyl sites for hydroxylation is 1. The molecule has 0 bridgehead atoms. The van der Waals surface area contributed by atoms with Crippen molar-refractivity contribution in [2.24, 2.45) is 5.73 Å². The van der Waals surface area contributed by atoms with Crippen molar-refractivity contribution < 1.29 is 14.3 Å². The Morgan fingerprint density at radius 1 is 1.39 bits per heavy atom. The molecule has 0 aliphatic heterocycles. The van der Waals surface area contributed by atoms with Crippen LogP contribution in [0.4, 0.5) is 5.00 Å². The number of nitrogens with two attached hydrogens (primary N) is 1. The zero-order valence-electron chi connectivity index (χ0n) is 12.4. The predicted molar refractivity (Wildman–Crippen MR) is 95.6 cm³/mol. The van der Waals surface area contributed by atoms with Gasteiger partial charge in [-0.05, 0) is 53.5 Å². The molecule has 0 fully saturated rings. The molecule has 5 nitrogen and oxygen atoms in total. The molecule has 0 saturated carbocycles. The lowest BCUT2D eigenvalue weighted by Gasteiger charge is -2.09. The van der Waals surface area contributed by atoms with Gasteiger partial charge in [-0.2, -0.15) is 0 Å². The molecule has 2 aromatic rings. The van der Waals surface area contributed by atoms with Gasteiger partial charge < -0.3 is 15.8 Å². The quantitative estimate of drug-likeness (QED) is 0.774. The van der Waals surface area contributed by atoms with E-state index in [4.69, 9.17) is 22.1 Å². The summed E-state index contributed by atoms with van der Waals surface area (Å²) >= 11 is 10.5. The van der Waals surface area contributed by atoms with Gasteiger partial charge in [0.15, 0.2) is 6.61 Å². The Morgan fingerprint density at radius 3 is 2.70 bits per heavy atom. The van der Waals surface area contributed by atoms with Crippen molar-refractivity contribution in [1.82, 2.24) is 0 Å². The summed E-state index contributed by atoms with van der Waals surface area (Å²) in [5.41, 5.74) is 6.49. The first-order valence-corrected chi connectivity index (χ1v) is 8.55. The molecule has 23 heavy (non-hydrogen) atoms. The molecule has 0 radical (unpaired) electrons. The van der Waals surface area contributed by atoms with Gasteiger partial charge in [0.2, 0.25) is 0 Å². The van der Waals surface area contributed by atoms with Crippen LogP contribution < -0.4 is 15.8 Å². The van der Waals surface area contributed by atoms with Crippen molar-refractivity contribution in [3.8, 4) is 5.75 Å². The summed E-state index contributed by atoms with van der Waals surface area (Å²) in [4.78, 5) is 24.5. The predicted octanol–water partition coefficient (Wildman–Crippen LogP) is 3.90. The zero-order valence-corrected chi connectivity index (χ0v) is 15.6. The molecule has 0 saturated heterocycles. The number of ether oxygens (including phenoxy) is 1. The average molecular weight is 418 g/mol. The summed E-state index contributed by atoms with van der Waals surface area (Å²) in [5, 5.41) is 3.67. The molecule has 0 unspecified atom stereocenters. The van der Waals surface area contributed by atoms with Crippen molar-refractivity contribution >= 4 is 55.7 Å². The summed E-state index contributed by atoms with van der Waals surface area (Å²) in [6.45, 7) is 3.46. The molecule has 1 aromatic heterocycles. The van der Waals surface area contributed by atoms with Gasteiger partial charge in [0.05, 0.1) is 10.0 Å². The normalized spacial score (nSPS) is 10.4. The van der Waals surface area contributed by atoms with Gasteiger partial charge in [0.1, 0.15) is 10.8 Å². The van der Waals surface area contributed by atoms with Gasteiger partial charge in [-0.15, -0.1) is 11.3 Å². The van der Waals surface area contributed by atoms with E-state index in [1.807, 2.05) is 6.92 Å². The third kappa shape index (κ3) is 4.25. The smallest absolute Gasteiger partial charge is 0.262 e. The van der Waals surface area contributed by atoms with Crippen LogP contribution in [0.25, 0.3) is 0 Å². The van der Waals surface area contributed by atoms with E-state index >= 15 is 0 Å². The SMILES string of the molecule is Cc1sc(NC(=O)COc2ccc(Cl)cc2Br)c(C(N)=O)c1C. The Bertz CT molecular complexity index is 776. The third-order valence-corrected chi connectivity index (χ3v) is 5.11. The van der Waals surface area contributed by atoms with E-state index in [9.17, 15) is 9.59 Å². The fourth-order valence-electron chi connectivity index (χ4n) is 1.91. The molecular formula is C15H14BrClN2O3S. The molecule has 8 heteroatoms. The van der Waals surface area contributed by atoms with E-state index in [2.05, 4.69) is 21.2 Å². The number of anilines is 1. The number of carbonyl (C=O) groups is 2. The lowest BCUT2D eigenvalue weighted by atomic mass is 10.1. The van der Waals surface area contributed by atoms with Gasteiger partial charge in [-0.3, -0.25) is 9.59 Å². The highest BCUT2D eigenvalue weighted by Gasteiger charge is 2.19. The minimum atomic E-state index is -0.566.